The predicted octanol–water partition coefficient (Wildman–Crippen LogP) is 3.67. The second kappa shape index (κ2) is 12.7. The molecule has 0 radical (unpaired) electrons. The lowest BCUT2D eigenvalue weighted by molar-refractivity contribution is -0.917. The minimum Gasteiger partial charge on any atom is -1.00 e. The summed E-state index contributed by atoms with van der Waals surface area (Å²) in [6, 6.07) is 26.2. The van der Waals surface area contributed by atoms with E-state index in [1.54, 1.807) is 0 Å². The average molecular weight is 628 g/mol. The summed E-state index contributed by atoms with van der Waals surface area (Å²) >= 11 is 1.81. The van der Waals surface area contributed by atoms with Crippen molar-refractivity contribution in [1.29, 1.82) is 0 Å². The van der Waals surface area contributed by atoms with Crippen molar-refractivity contribution in [2.45, 2.75) is 55.4 Å². The molecule has 196 valence electrons. The fraction of sp³-hybridized carbons (Fsp3) is 0.387. The van der Waals surface area contributed by atoms with Gasteiger partial charge >= 0.3 is 0 Å². The van der Waals surface area contributed by atoms with Crippen LogP contribution in [-0.4, -0.2) is 49.2 Å². The number of anilines is 2. The maximum absolute atomic E-state index is 12.8. The lowest BCUT2D eigenvalue weighted by atomic mass is 10.1. The van der Waals surface area contributed by atoms with Crippen molar-refractivity contribution in [2.75, 3.05) is 37.6 Å². The number of amides is 1. The molecule has 2 heterocycles. The third kappa shape index (κ3) is 6.35. The van der Waals surface area contributed by atoms with Crippen LogP contribution in [-0.2, 0) is 6.42 Å². The van der Waals surface area contributed by atoms with Crippen LogP contribution in [0.2, 0.25) is 0 Å². The van der Waals surface area contributed by atoms with E-state index in [2.05, 4.69) is 90.8 Å². The number of hydrogen-bond acceptors (Lipinski definition) is 3. The fourth-order valence-electron chi connectivity index (χ4n) is 5.90. The topological polar surface area (TPSA) is 32.3 Å². The molecule has 2 aliphatic heterocycles. The number of likely N-dealkylation sites (tertiary alicyclic amines) is 1. The first-order valence-electron chi connectivity index (χ1n) is 13.5. The first-order chi connectivity index (χ1) is 17.6. The number of halogens is 1. The summed E-state index contributed by atoms with van der Waals surface area (Å²) in [6.45, 7) is 9.97. The highest BCUT2D eigenvalue weighted by molar-refractivity contribution is 7.99. The molecule has 0 bridgehead atoms. The molecule has 1 atom stereocenters. The summed E-state index contributed by atoms with van der Waals surface area (Å²) in [5, 5.41) is 3.05. The molecular weight excluding hydrogens is 589 g/mol. The van der Waals surface area contributed by atoms with Crippen LogP contribution < -0.4 is 34.2 Å². The van der Waals surface area contributed by atoms with Crippen LogP contribution in [0.3, 0.4) is 0 Å². The van der Waals surface area contributed by atoms with Crippen molar-refractivity contribution < 1.29 is 33.3 Å². The van der Waals surface area contributed by atoms with Crippen LogP contribution in [0.5, 0.6) is 0 Å². The zero-order chi connectivity index (χ0) is 25.0. The van der Waals surface area contributed by atoms with Gasteiger partial charge in [-0.3, -0.25) is 4.79 Å². The monoisotopic (exact) mass is 627 g/mol. The molecule has 1 unspecified atom stereocenters. The Balaban J connectivity index is 0.00000320. The molecule has 6 heteroatoms. The normalized spacial score (nSPS) is 16.3. The van der Waals surface area contributed by atoms with E-state index in [4.69, 9.17) is 0 Å². The standard InChI is InChI=1S/C31H37N3OS.HI/c1-3-18-32-31(35)26-15-16-30-28(22-26)33(27-13-7-8-14-29(27)36-30)24(2)23-34(19-9-10-20-34)21-17-25-11-5-4-6-12-25;/h4-8,11-16,22,24H,3,9-10,17-21,23H2,1-2H3;1H. The van der Waals surface area contributed by atoms with E-state index in [9.17, 15) is 4.79 Å². The Morgan fingerprint density at radius 2 is 1.68 bits per heavy atom. The summed E-state index contributed by atoms with van der Waals surface area (Å²) in [5.74, 6) is 0.0158. The van der Waals surface area contributed by atoms with Gasteiger partial charge in [-0.2, -0.15) is 0 Å². The van der Waals surface area contributed by atoms with Crippen molar-refractivity contribution in [3.8, 4) is 0 Å². The zero-order valence-electron chi connectivity index (χ0n) is 22.0. The molecule has 5 rings (SSSR count). The minimum atomic E-state index is 0. The van der Waals surface area contributed by atoms with Crippen LogP contribution in [0, 0.1) is 0 Å². The molecule has 0 aliphatic carbocycles. The minimum absolute atomic E-state index is 0. The molecule has 0 spiro atoms. The quantitative estimate of drug-likeness (QED) is 0.291. The largest absolute Gasteiger partial charge is 1.00 e. The number of nitrogens with one attached hydrogen (secondary N) is 1. The van der Waals surface area contributed by atoms with Gasteiger partial charge in [0.2, 0.25) is 0 Å². The Kier molecular flexibility index (Phi) is 9.59. The number of rotatable bonds is 9. The Morgan fingerprint density at radius 3 is 2.43 bits per heavy atom. The number of para-hydroxylation sites is 1. The summed E-state index contributed by atoms with van der Waals surface area (Å²) in [5.41, 5.74) is 4.60. The van der Waals surface area contributed by atoms with E-state index in [1.165, 1.54) is 58.0 Å². The molecule has 4 nitrogen and oxygen atoms in total. The highest BCUT2D eigenvalue weighted by atomic mass is 127. The first-order valence-corrected chi connectivity index (χ1v) is 14.3. The lowest BCUT2D eigenvalue weighted by Crippen LogP contribution is -3.00. The van der Waals surface area contributed by atoms with Crippen LogP contribution in [0.15, 0.2) is 82.6 Å². The predicted molar refractivity (Wildman–Crippen MR) is 150 cm³/mol. The van der Waals surface area contributed by atoms with E-state index >= 15 is 0 Å². The van der Waals surface area contributed by atoms with Gasteiger partial charge in [0.25, 0.3) is 5.91 Å². The third-order valence-electron chi connectivity index (χ3n) is 7.69. The number of nitrogens with zero attached hydrogens (tertiary/aromatic N) is 2. The Hall–Kier alpha value is -2.03. The molecule has 3 aromatic carbocycles. The number of carbonyl (C=O) groups excluding carboxylic acids is 1. The maximum atomic E-state index is 12.8. The highest BCUT2D eigenvalue weighted by Crippen LogP contribution is 2.49. The van der Waals surface area contributed by atoms with Crippen molar-refractivity contribution in [1.82, 2.24) is 5.32 Å². The molecule has 3 aromatic rings. The molecule has 1 N–H and O–H groups in total. The van der Waals surface area contributed by atoms with Gasteiger partial charge in [0, 0.05) is 41.2 Å². The fourth-order valence-corrected chi connectivity index (χ4v) is 6.95. The van der Waals surface area contributed by atoms with Crippen LogP contribution in [0.1, 0.15) is 49.0 Å². The maximum Gasteiger partial charge on any atom is 0.251 e. The highest BCUT2D eigenvalue weighted by Gasteiger charge is 2.37. The van der Waals surface area contributed by atoms with Crippen molar-refractivity contribution in [3.63, 3.8) is 0 Å². The van der Waals surface area contributed by atoms with E-state index in [0.29, 0.717) is 12.6 Å². The molecule has 1 fully saturated rings. The zero-order valence-corrected chi connectivity index (χ0v) is 24.9. The number of quaternary nitrogens is 1. The van der Waals surface area contributed by atoms with Crippen molar-refractivity contribution >= 4 is 29.0 Å². The van der Waals surface area contributed by atoms with Crippen molar-refractivity contribution in [2.24, 2.45) is 0 Å². The van der Waals surface area contributed by atoms with E-state index in [0.717, 1.165) is 30.6 Å². The van der Waals surface area contributed by atoms with Gasteiger partial charge in [-0.25, -0.2) is 0 Å². The van der Waals surface area contributed by atoms with E-state index in [1.807, 2.05) is 17.8 Å². The summed E-state index contributed by atoms with van der Waals surface area (Å²) in [7, 11) is 0. The van der Waals surface area contributed by atoms with Gasteiger partial charge in [-0.1, -0.05) is 61.2 Å². The van der Waals surface area contributed by atoms with Gasteiger partial charge in [-0.05, 0) is 49.2 Å². The van der Waals surface area contributed by atoms with Gasteiger partial charge < -0.3 is 38.7 Å². The smallest absolute Gasteiger partial charge is 0.251 e. The Bertz CT molecular complexity index is 1200. The van der Waals surface area contributed by atoms with Gasteiger partial charge in [0.05, 0.1) is 43.6 Å². The van der Waals surface area contributed by atoms with Gasteiger partial charge in [0.1, 0.15) is 0 Å². The van der Waals surface area contributed by atoms with E-state index < -0.39 is 0 Å². The molecule has 0 aromatic heterocycles. The summed E-state index contributed by atoms with van der Waals surface area (Å²) in [4.78, 5) is 17.8. The lowest BCUT2D eigenvalue weighted by Gasteiger charge is -2.43. The number of benzene rings is 3. The van der Waals surface area contributed by atoms with Gasteiger partial charge in [0.15, 0.2) is 0 Å². The summed E-state index contributed by atoms with van der Waals surface area (Å²) in [6.07, 6.45) is 4.68. The Morgan fingerprint density at radius 1 is 0.973 bits per heavy atom. The van der Waals surface area contributed by atoms with Crippen LogP contribution >= 0.6 is 11.8 Å². The molecule has 0 saturated carbocycles. The van der Waals surface area contributed by atoms with Crippen molar-refractivity contribution in [3.05, 3.63) is 83.9 Å². The number of carbonyl (C=O) groups is 1. The number of hydrogen-bond donors (Lipinski definition) is 1. The average Bonchev–Trinajstić information content (AvgIpc) is 3.37. The Labute approximate surface area is 243 Å². The molecular formula is C31H38IN3OS. The second-order valence-corrected chi connectivity index (χ2v) is 11.4. The molecule has 37 heavy (non-hydrogen) atoms. The van der Waals surface area contributed by atoms with Crippen LogP contribution in [0.25, 0.3) is 0 Å². The first kappa shape index (κ1) is 28.0. The number of fused-ring (bicyclic) bond motifs is 2. The SMILES string of the molecule is CCCNC(=O)c1ccc2c(c1)N(C(C)C[N+]1(CCc3ccccc3)CCCC1)c1ccccc1S2.[I-]. The van der Waals surface area contributed by atoms with E-state index in [-0.39, 0.29) is 29.9 Å². The molecule has 2 aliphatic rings. The molecule has 1 saturated heterocycles. The third-order valence-corrected chi connectivity index (χ3v) is 8.82. The van der Waals surface area contributed by atoms with Gasteiger partial charge in [-0.15, -0.1) is 0 Å². The van der Waals surface area contributed by atoms with Crippen LogP contribution in [0.4, 0.5) is 11.4 Å². The molecule has 1 amide bonds. The second-order valence-electron chi connectivity index (χ2n) is 10.4. The summed E-state index contributed by atoms with van der Waals surface area (Å²) < 4.78 is 1.17.